The van der Waals surface area contributed by atoms with Crippen LogP contribution in [0.2, 0.25) is 0 Å². The molecule has 0 bridgehead atoms. The Morgan fingerprint density at radius 3 is 2.57 bits per heavy atom. The first kappa shape index (κ1) is 9.69. The molecule has 2 N–H and O–H groups in total. The van der Waals surface area contributed by atoms with Gasteiger partial charge in [-0.2, -0.15) is 0 Å². The fraction of sp³-hybridized carbons (Fsp3) is 0.500. The van der Waals surface area contributed by atoms with Crippen molar-refractivity contribution in [2.24, 2.45) is 5.73 Å². The molecule has 1 saturated carbocycles. The zero-order chi connectivity index (χ0) is 10.0. The van der Waals surface area contributed by atoms with Crippen LogP contribution in [0, 0.1) is 0 Å². The Balaban J connectivity index is 1.83. The molecule has 0 saturated heterocycles. The third-order valence-corrected chi connectivity index (χ3v) is 2.98. The first-order chi connectivity index (χ1) is 6.71. The summed E-state index contributed by atoms with van der Waals surface area (Å²) in [7, 11) is 0. The minimum atomic E-state index is -0.0330. The largest absolute Gasteiger partial charge is 0.372 e. The number of rotatable bonds is 4. The van der Waals surface area contributed by atoms with Crippen LogP contribution in [-0.4, -0.2) is 11.6 Å². The summed E-state index contributed by atoms with van der Waals surface area (Å²) < 4.78 is 5.73. The highest BCUT2D eigenvalue weighted by molar-refractivity contribution is 5.13. The second-order valence-corrected chi connectivity index (χ2v) is 4.17. The smallest absolute Gasteiger partial charge is 0.0730 e. The Kier molecular flexibility index (Phi) is 2.57. The lowest BCUT2D eigenvalue weighted by Gasteiger charge is -2.19. The van der Waals surface area contributed by atoms with Gasteiger partial charge in [-0.1, -0.05) is 30.3 Å². The number of ether oxygens (including phenoxy) is 1. The zero-order valence-corrected chi connectivity index (χ0v) is 8.57. The highest BCUT2D eigenvalue weighted by Crippen LogP contribution is 2.37. The maximum Gasteiger partial charge on any atom is 0.0730 e. The molecule has 1 aliphatic carbocycles. The molecule has 76 valence electrons. The number of hydrogen-bond donors (Lipinski definition) is 1. The lowest BCUT2D eigenvalue weighted by Crippen LogP contribution is -2.36. The summed E-state index contributed by atoms with van der Waals surface area (Å²) in [5.74, 6) is 0. The van der Waals surface area contributed by atoms with E-state index in [0.29, 0.717) is 6.61 Å². The standard InChI is InChI=1S/C12H17NO/c1-10(12(13)7-8-12)14-9-11-5-3-2-4-6-11/h2-6,10H,7-9,13H2,1H3. The summed E-state index contributed by atoms with van der Waals surface area (Å²) >= 11 is 0. The van der Waals surface area contributed by atoms with Crippen LogP contribution in [0.1, 0.15) is 25.3 Å². The Hall–Kier alpha value is -0.860. The zero-order valence-electron chi connectivity index (χ0n) is 8.57. The van der Waals surface area contributed by atoms with E-state index in [1.54, 1.807) is 0 Å². The Bertz CT molecular complexity index is 292. The number of hydrogen-bond acceptors (Lipinski definition) is 2. The van der Waals surface area contributed by atoms with E-state index in [1.807, 2.05) is 18.2 Å². The van der Waals surface area contributed by atoms with Gasteiger partial charge in [0.05, 0.1) is 12.7 Å². The van der Waals surface area contributed by atoms with Gasteiger partial charge in [-0.05, 0) is 25.3 Å². The van der Waals surface area contributed by atoms with Crippen molar-refractivity contribution in [1.29, 1.82) is 0 Å². The van der Waals surface area contributed by atoms with Crippen LogP contribution in [0.5, 0.6) is 0 Å². The number of benzene rings is 1. The van der Waals surface area contributed by atoms with E-state index in [9.17, 15) is 0 Å². The summed E-state index contributed by atoms with van der Waals surface area (Å²) in [4.78, 5) is 0. The van der Waals surface area contributed by atoms with Gasteiger partial charge in [0, 0.05) is 5.54 Å². The summed E-state index contributed by atoms with van der Waals surface area (Å²) in [5.41, 5.74) is 7.21. The van der Waals surface area contributed by atoms with Gasteiger partial charge in [0.25, 0.3) is 0 Å². The highest BCUT2D eigenvalue weighted by Gasteiger charge is 2.44. The fourth-order valence-electron chi connectivity index (χ4n) is 1.51. The topological polar surface area (TPSA) is 35.2 Å². The Morgan fingerprint density at radius 2 is 2.00 bits per heavy atom. The molecule has 0 amide bonds. The first-order valence-electron chi connectivity index (χ1n) is 5.15. The molecule has 2 heteroatoms. The molecular formula is C12H17NO. The van der Waals surface area contributed by atoms with Crippen LogP contribution >= 0.6 is 0 Å². The first-order valence-corrected chi connectivity index (χ1v) is 5.15. The normalized spacial score (nSPS) is 20.4. The van der Waals surface area contributed by atoms with Crippen LogP contribution in [0.3, 0.4) is 0 Å². The van der Waals surface area contributed by atoms with Crippen molar-refractivity contribution in [2.45, 2.75) is 38.0 Å². The van der Waals surface area contributed by atoms with E-state index in [1.165, 1.54) is 5.56 Å². The van der Waals surface area contributed by atoms with Crippen molar-refractivity contribution >= 4 is 0 Å². The van der Waals surface area contributed by atoms with Gasteiger partial charge >= 0.3 is 0 Å². The molecule has 0 aromatic heterocycles. The molecular weight excluding hydrogens is 174 g/mol. The molecule has 1 fully saturated rings. The summed E-state index contributed by atoms with van der Waals surface area (Å²) in [6, 6.07) is 10.2. The molecule has 1 aliphatic rings. The van der Waals surface area contributed by atoms with Crippen LogP contribution in [0.15, 0.2) is 30.3 Å². The molecule has 1 aromatic carbocycles. The van der Waals surface area contributed by atoms with Gasteiger partial charge < -0.3 is 10.5 Å². The van der Waals surface area contributed by atoms with Gasteiger partial charge in [-0.3, -0.25) is 0 Å². The van der Waals surface area contributed by atoms with Gasteiger partial charge in [0.15, 0.2) is 0 Å². The molecule has 0 spiro atoms. The molecule has 1 aromatic rings. The molecule has 14 heavy (non-hydrogen) atoms. The van der Waals surface area contributed by atoms with Crippen LogP contribution in [0.4, 0.5) is 0 Å². The van der Waals surface area contributed by atoms with Crippen molar-refractivity contribution in [3.8, 4) is 0 Å². The molecule has 0 heterocycles. The highest BCUT2D eigenvalue weighted by atomic mass is 16.5. The monoisotopic (exact) mass is 191 g/mol. The van der Waals surface area contributed by atoms with Crippen molar-refractivity contribution in [3.63, 3.8) is 0 Å². The fourth-order valence-corrected chi connectivity index (χ4v) is 1.51. The molecule has 0 aliphatic heterocycles. The molecule has 0 radical (unpaired) electrons. The molecule has 1 unspecified atom stereocenters. The van der Waals surface area contributed by atoms with E-state index >= 15 is 0 Å². The van der Waals surface area contributed by atoms with Crippen molar-refractivity contribution in [2.75, 3.05) is 0 Å². The Labute approximate surface area is 85.1 Å². The van der Waals surface area contributed by atoms with E-state index < -0.39 is 0 Å². The predicted molar refractivity (Wildman–Crippen MR) is 56.8 cm³/mol. The maximum absolute atomic E-state index is 6.03. The van der Waals surface area contributed by atoms with E-state index in [-0.39, 0.29) is 11.6 Å². The van der Waals surface area contributed by atoms with Gasteiger partial charge in [-0.25, -0.2) is 0 Å². The van der Waals surface area contributed by atoms with Crippen LogP contribution < -0.4 is 5.73 Å². The maximum atomic E-state index is 6.03. The molecule has 1 atom stereocenters. The van der Waals surface area contributed by atoms with Crippen molar-refractivity contribution in [1.82, 2.24) is 0 Å². The van der Waals surface area contributed by atoms with Crippen LogP contribution in [0.25, 0.3) is 0 Å². The summed E-state index contributed by atoms with van der Waals surface area (Å²) in [6.45, 7) is 2.73. The van der Waals surface area contributed by atoms with Crippen molar-refractivity contribution < 1.29 is 4.74 Å². The second-order valence-electron chi connectivity index (χ2n) is 4.17. The quantitative estimate of drug-likeness (QED) is 0.790. The summed E-state index contributed by atoms with van der Waals surface area (Å²) in [5, 5.41) is 0. The average Bonchev–Trinajstić information content (AvgIpc) is 2.96. The lowest BCUT2D eigenvalue weighted by atomic mass is 10.1. The SMILES string of the molecule is CC(OCc1ccccc1)C1(N)CC1. The van der Waals surface area contributed by atoms with Gasteiger partial charge in [0.2, 0.25) is 0 Å². The van der Waals surface area contributed by atoms with E-state index in [4.69, 9.17) is 10.5 Å². The minimum absolute atomic E-state index is 0.0330. The van der Waals surface area contributed by atoms with Crippen LogP contribution in [-0.2, 0) is 11.3 Å². The second kappa shape index (κ2) is 3.71. The number of nitrogens with two attached hydrogens (primary N) is 1. The summed E-state index contributed by atoms with van der Waals surface area (Å²) in [6.07, 6.45) is 2.37. The molecule has 2 rings (SSSR count). The van der Waals surface area contributed by atoms with E-state index in [2.05, 4.69) is 19.1 Å². The van der Waals surface area contributed by atoms with Crippen molar-refractivity contribution in [3.05, 3.63) is 35.9 Å². The third kappa shape index (κ3) is 2.14. The molecule has 2 nitrogen and oxygen atoms in total. The Morgan fingerprint density at radius 1 is 1.36 bits per heavy atom. The third-order valence-electron chi connectivity index (χ3n) is 2.98. The minimum Gasteiger partial charge on any atom is -0.372 e. The lowest BCUT2D eigenvalue weighted by molar-refractivity contribution is 0.0294. The predicted octanol–water partition coefficient (Wildman–Crippen LogP) is 2.08. The average molecular weight is 191 g/mol. The van der Waals surface area contributed by atoms with E-state index in [0.717, 1.165) is 12.8 Å². The van der Waals surface area contributed by atoms with Gasteiger partial charge in [-0.15, -0.1) is 0 Å². The van der Waals surface area contributed by atoms with Gasteiger partial charge in [0.1, 0.15) is 0 Å².